The number of aliphatic hydroxyl groups is 1. The predicted molar refractivity (Wildman–Crippen MR) is 63.7 cm³/mol. The predicted octanol–water partition coefficient (Wildman–Crippen LogP) is 2.35. The minimum Gasteiger partial charge on any atom is -0.395 e. The quantitative estimate of drug-likeness (QED) is 0.777. The van der Waals surface area contributed by atoms with Crippen LogP contribution in [0.5, 0.6) is 0 Å². The van der Waals surface area contributed by atoms with Crippen molar-refractivity contribution in [2.24, 2.45) is 5.92 Å². The van der Waals surface area contributed by atoms with Gasteiger partial charge in [0.25, 0.3) is 0 Å². The molecule has 84 valence electrons. The highest BCUT2D eigenvalue weighted by atomic mass is 16.3. The van der Waals surface area contributed by atoms with E-state index in [9.17, 15) is 0 Å². The molecule has 0 aliphatic heterocycles. The van der Waals surface area contributed by atoms with E-state index >= 15 is 0 Å². The molecule has 0 amide bonds. The van der Waals surface area contributed by atoms with E-state index in [1.807, 2.05) is 13.0 Å². The summed E-state index contributed by atoms with van der Waals surface area (Å²) >= 11 is 0. The van der Waals surface area contributed by atoms with Crippen molar-refractivity contribution in [3.8, 4) is 0 Å². The van der Waals surface area contributed by atoms with Crippen molar-refractivity contribution >= 4 is 0 Å². The van der Waals surface area contributed by atoms with Crippen LogP contribution in [0.1, 0.15) is 32.4 Å². The number of hydrogen-bond acceptors (Lipinski definition) is 2. The molecule has 2 atom stereocenters. The molecule has 1 aromatic rings. The van der Waals surface area contributed by atoms with Gasteiger partial charge in [0.1, 0.15) is 0 Å². The minimum absolute atomic E-state index is 0.137. The smallest absolute Gasteiger partial charge is 0.0582 e. The van der Waals surface area contributed by atoms with Gasteiger partial charge in [-0.2, -0.15) is 0 Å². The first-order valence-corrected chi connectivity index (χ1v) is 5.57. The van der Waals surface area contributed by atoms with E-state index in [1.165, 1.54) is 5.56 Å². The molecule has 2 nitrogen and oxygen atoms in total. The van der Waals surface area contributed by atoms with Crippen LogP contribution in [0, 0.1) is 5.92 Å². The molecule has 0 spiro atoms. The van der Waals surface area contributed by atoms with Gasteiger partial charge in [-0.15, -0.1) is 0 Å². The van der Waals surface area contributed by atoms with Crippen LogP contribution < -0.4 is 5.32 Å². The summed E-state index contributed by atoms with van der Waals surface area (Å²) in [6.07, 6.45) is 0. The summed E-state index contributed by atoms with van der Waals surface area (Å²) in [5, 5.41) is 12.5. The fourth-order valence-electron chi connectivity index (χ4n) is 1.69. The van der Waals surface area contributed by atoms with Crippen LogP contribution in [0.25, 0.3) is 0 Å². The maximum absolute atomic E-state index is 9.05. The van der Waals surface area contributed by atoms with E-state index in [2.05, 4.69) is 43.4 Å². The Morgan fingerprint density at radius 2 is 1.73 bits per heavy atom. The summed E-state index contributed by atoms with van der Waals surface area (Å²) in [4.78, 5) is 0. The van der Waals surface area contributed by atoms with Gasteiger partial charge in [-0.25, -0.2) is 0 Å². The van der Waals surface area contributed by atoms with Crippen molar-refractivity contribution in [1.82, 2.24) is 5.32 Å². The number of hydrogen-bond donors (Lipinski definition) is 2. The third-order valence-corrected chi connectivity index (χ3v) is 2.56. The van der Waals surface area contributed by atoms with E-state index in [-0.39, 0.29) is 12.6 Å². The number of aliphatic hydroxyl groups excluding tert-OH is 1. The summed E-state index contributed by atoms with van der Waals surface area (Å²) in [6, 6.07) is 10.8. The fraction of sp³-hybridized carbons (Fsp3) is 0.538. The number of nitrogens with one attached hydrogen (secondary N) is 1. The van der Waals surface area contributed by atoms with Gasteiger partial charge in [0, 0.05) is 12.1 Å². The van der Waals surface area contributed by atoms with Gasteiger partial charge < -0.3 is 10.4 Å². The maximum atomic E-state index is 9.05. The molecule has 0 radical (unpaired) electrons. The molecule has 2 heteroatoms. The third-order valence-electron chi connectivity index (χ3n) is 2.56. The summed E-state index contributed by atoms with van der Waals surface area (Å²) in [7, 11) is 0. The Labute approximate surface area is 92.3 Å². The number of benzene rings is 1. The first-order chi connectivity index (χ1) is 7.15. The second kappa shape index (κ2) is 5.89. The highest BCUT2D eigenvalue weighted by molar-refractivity contribution is 5.19. The second-order valence-electron chi connectivity index (χ2n) is 4.38. The van der Waals surface area contributed by atoms with E-state index in [0.29, 0.717) is 12.0 Å². The molecule has 15 heavy (non-hydrogen) atoms. The Morgan fingerprint density at radius 3 is 2.20 bits per heavy atom. The number of rotatable bonds is 5. The standard InChI is InChI=1S/C13H21NO/c1-10(2)13(14-11(3)9-15)12-7-5-4-6-8-12/h4-8,10-11,13-15H,9H2,1-3H3. The molecule has 0 aromatic heterocycles. The third kappa shape index (κ3) is 3.65. The summed E-state index contributed by atoms with van der Waals surface area (Å²) in [5.74, 6) is 0.515. The SMILES string of the molecule is CC(CO)NC(c1ccccc1)C(C)C. The lowest BCUT2D eigenvalue weighted by molar-refractivity contribution is 0.229. The summed E-state index contributed by atoms with van der Waals surface area (Å²) in [6.45, 7) is 6.55. The van der Waals surface area contributed by atoms with E-state index in [0.717, 1.165) is 0 Å². The van der Waals surface area contributed by atoms with Crippen LogP contribution in [-0.4, -0.2) is 17.8 Å². The normalized spacial score (nSPS) is 15.3. The van der Waals surface area contributed by atoms with Gasteiger partial charge in [0.15, 0.2) is 0 Å². The largest absolute Gasteiger partial charge is 0.395 e. The van der Waals surface area contributed by atoms with Crippen LogP contribution in [0.15, 0.2) is 30.3 Å². The lowest BCUT2D eigenvalue weighted by atomic mass is 9.95. The summed E-state index contributed by atoms with van der Waals surface area (Å²) < 4.78 is 0. The van der Waals surface area contributed by atoms with Crippen LogP contribution in [0.4, 0.5) is 0 Å². The van der Waals surface area contributed by atoms with Crippen molar-refractivity contribution in [3.63, 3.8) is 0 Å². The second-order valence-corrected chi connectivity index (χ2v) is 4.38. The fourth-order valence-corrected chi connectivity index (χ4v) is 1.69. The zero-order chi connectivity index (χ0) is 11.3. The zero-order valence-corrected chi connectivity index (χ0v) is 9.77. The van der Waals surface area contributed by atoms with Crippen LogP contribution in [0.2, 0.25) is 0 Å². The first-order valence-electron chi connectivity index (χ1n) is 5.57. The zero-order valence-electron chi connectivity index (χ0n) is 9.77. The van der Waals surface area contributed by atoms with Gasteiger partial charge in [0.05, 0.1) is 6.61 Å². The maximum Gasteiger partial charge on any atom is 0.0582 e. The molecule has 0 heterocycles. The van der Waals surface area contributed by atoms with E-state index in [1.54, 1.807) is 0 Å². The van der Waals surface area contributed by atoms with Gasteiger partial charge in [0.2, 0.25) is 0 Å². The van der Waals surface area contributed by atoms with Gasteiger partial charge in [-0.1, -0.05) is 44.2 Å². The molecular weight excluding hydrogens is 186 g/mol. The van der Waals surface area contributed by atoms with Gasteiger partial charge in [-0.3, -0.25) is 0 Å². The average molecular weight is 207 g/mol. The molecule has 2 N–H and O–H groups in total. The van der Waals surface area contributed by atoms with Crippen molar-refractivity contribution in [2.75, 3.05) is 6.61 Å². The molecular formula is C13H21NO. The van der Waals surface area contributed by atoms with Crippen molar-refractivity contribution in [1.29, 1.82) is 0 Å². The highest BCUT2D eigenvalue weighted by Crippen LogP contribution is 2.21. The Morgan fingerprint density at radius 1 is 1.13 bits per heavy atom. The van der Waals surface area contributed by atoms with Crippen LogP contribution in [-0.2, 0) is 0 Å². The molecule has 2 unspecified atom stereocenters. The van der Waals surface area contributed by atoms with Crippen LogP contribution >= 0.6 is 0 Å². The van der Waals surface area contributed by atoms with E-state index < -0.39 is 0 Å². The van der Waals surface area contributed by atoms with Gasteiger partial charge >= 0.3 is 0 Å². The lowest BCUT2D eigenvalue weighted by Gasteiger charge is -2.26. The molecule has 1 aromatic carbocycles. The molecule has 0 saturated carbocycles. The Balaban J connectivity index is 2.75. The van der Waals surface area contributed by atoms with E-state index in [4.69, 9.17) is 5.11 Å². The first kappa shape index (κ1) is 12.2. The monoisotopic (exact) mass is 207 g/mol. The van der Waals surface area contributed by atoms with Crippen molar-refractivity contribution in [3.05, 3.63) is 35.9 Å². The molecule has 0 saturated heterocycles. The molecule has 0 bridgehead atoms. The lowest BCUT2D eigenvalue weighted by Crippen LogP contribution is -2.35. The Kier molecular flexibility index (Phi) is 4.79. The highest BCUT2D eigenvalue weighted by Gasteiger charge is 2.16. The summed E-state index contributed by atoms with van der Waals surface area (Å²) in [5.41, 5.74) is 1.28. The average Bonchev–Trinajstić information content (AvgIpc) is 2.26. The van der Waals surface area contributed by atoms with Crippen molar-refractivity contribution in [2.45, 2.75) is 32.9 Å². The topological polar surface area (TPSA) is 32.3 Å². The molecule has 1 rings (SSSR count). The van der Waals surface area contributed by atoms with Crippen LogP contribution in [0.3, 0.4) is 0 Å². The molecule has 0 aliphatic rings. The Hall–Kier alpha value is -0.860. The van der Waals surface area contributed by atoms with Crippen molar-refractivity contribution < 1.29 is 5.11 Å². The minimum atomic E-state index is 0.137. The Bertz CT molecular complexity index is 271. The molecule has 0 fully saturated rings. The molecule has 0 aliphatic carbocycles. The van der Waals surface area contributed by atoms with Gasteiger partial charge in [-0.05, 0) is 18.4 Å².